The maximum Gasteiger partial charge on any atom is 0.325 e. The number of rotatable bonds is 3. The predicted molar refractivity (Wildman–Crippen MR) is 99.9 cm³/mol. The summed E-state index contributed by atoms with van der Waals surface area (Å²) in [5.74, 6) is -0.512. The van der Waals surface area contributed by atoms with Crippen molar-refractivity contribution in [3.63, 3.8) is 0 Å². The molecule has 2 fully saturated rings. The van der Waals surface area contributed by atoms with E-state index in [1.54, 1.807) is 0 Å². The zero-order valence-electron chi connectivity index (χ0n) is 15.5. The number of nitrogens with zero attached hydrogens (tertiary/aromatic N) is 3. The second kappa shape index (κ2) is 6.79. The predicted octanol–water partition coefficient (Wildman–Crippen LogP) is 2.12. The van der Waals surface area contributed by atoms with Crippen LogP contribution in [-0.2, 0) is 9.59 Å². The van der Waals surface area contributed by atoms with Gasteiger partial charge in [0.25, 0.3) is 11.8 Å². The van der Waals surface area contributed by atoms with Gasteiger partial charge >= 0.3 is 6.03 Å². The van der Waals surface area contributed by atoms with E-state index in [1.807, 2.05) is 37.3 Å². The molecule has 2 atom stereocenters. The standard InChI is InChI=1S/C20H24N4O3/c1-14-7-5-6-11-20(14)18(26)23(19(27)21-20)13-17(25)24-12-10-16(22-24)15-8-3-2-4-9-15/h2-4,8-9,14H,5-7,10-13H2,1H3,(H,21,27)/t14-,20+/m1/s1. The largest absolute Gasteiger partial charge is 0.325 e. The first-order chi connectivity index (χ1) is 13.0. The molecule has 3 aliphatic rings. The molecule has 4 amide bonds. The Hall–Kier alpha value is -2.70. The fourth-order valence-electron chi connectivity index (χ4n) is 4.33. The lowest BCUT2D eigenvalue weighted by Crippen LogP contribution is -2.54. The van der Waals surface area contributed by atoms with E-state index in [1.165, 1.54) is 5.01 Å². The maximum absolute atomic E-state index is 13.0. The first-order valence-corrected chi connectivity index (χ1v) is 9.58. The summed E-state index contributed by atoms with van der Waals surface area (Å²) < 4.78 is 0. The Morgan fingerprint density at radius 1 is 1.26 bits per heavy atom. The molecular formula is C20H24N4O3. The van der Waals surface area contributed by atoms with Crippen LogP contribution < -0.4 is 5.32 Å². The zero-order chi connectivity index (χ0) is 19.0. The summed E-state index contributed by atoms with van der Waals surface area (Å²) in [6.07, 6.45) is 4.19. The molecular weight excluding hydrogens is 344 g/mol. The lowest BCUT2D eigenvalue weighted by Gasteiger charge is -2.36. The highest BCUT2D eigenvalue weighted by molar-refractivity contribution is 6.09. The molecule has 27 heavy (non-hydrogen) atoms. The molecule has 142 valence electrons. The normalized spacial score (nSPS) is 27.9. The van der Waals surface area contributed by atoms with Crippen molar-refractivity contribution in [1.82, 2.24) is 15.2 Å². The molecule has 1 N–H and O–H groups in total. The summed E-state index contributed by atoms with van der Waals surface area (Å²) in [5.41, 5.74) is 0.996. The van der Waals surface area contributed by atoms with E-state index < -0.39 is 11.6 Å². The van der Waals surface area contributed by atoms with E-state index in [-0.39, 0.29) is 24.3 Å². The minimum atomic E-state index is -0.834. The van der Waals surface area contributed by atoms with Gasteiger partial charge in [0.2, 0.25) is 0 Å². The Morgan fingerprint density at radius 3 is 2.78 bits per heavy atom. The first kappa shape index (κ1) is 17.7. The third-order valence-electron chi connectivity index (χ3n) is 5.99. The second-order valence-electron chi connectivity index (χ2n) is 7.62. The number of carbonyl (C=O) groups is 3. The third-order valence-corrected chi connectivity index (χ3v) is 5.99. The van der Waals surface area contributed by atoms with Crippen LogP contribution in [0.4, 0.5) is 4.79 Å². The van der Waals surface area contributed by atoms with Crippen molar-refractivity contribution in [2.45, 2.75) is 44.6 Å². The van der Waals surface area contributed by atoms with Crippen LogP contribution in [0.15, 0.2) is 35.4 Å². The van der Waals surface area contributed by atoms with Crippen molar-refractivity contribution in [2.24, 2.45) is 11.0 Å². The molecule has 0 radical (unpaired) electrons. The molecule has 0 bridgehead atoms. The van der Waals surface area contributed by atoms with Crippen molar-refractivity contribution >= 4 is 23.6 Å². The van der Waals surface area contributed by atoms with Crippen LogP contribution in [-0.4, -0.2) is 52.1 Å². The van der Waals surface area contributed by atoms with Crippen LogP contribution in [0.25, 0.3) is 0 Å². The summed E-state index contributed by atoms with van der Waals surface area (Å²) in [7, 11) is 0. The number of hydrazone groups is 1. The zero-order valence-corrected chi connectivity index (χ0v) is 15.5. The van der Waals surface area contributed by atoms with Gasteiger partial charge in [-0.25, -0.2) is 9.80 Å². The van der Waals surface area contributed by atoms with Gasteiger partial charge in [-0.1, -0.05) is 50.1 Å². The van der Waals surface area contributed by atoms with Crippen LogP contribution in [0, 0.1) is 5.92 Å². The Bertz CT molecular complexity index is 807. The van der Waals surface area contributed by atoms with Crippen molar-refractivity contribution in [3.8, 4) is 0 Å². The van der Waals surface area contributed by atoms with Gasteiger partial charge < -0.3 is 5.32 Å². The fourth-order valence-corrected chi connectivity index (χ4v) is 4.33. The highest BCUT2D eigenvalue weighted by Crippen LogP contribution is 2.38. The van der Waals surface area contributed by atoms with Crippen LogP contribution >= 0.6 is 0 Å². The highest BCUT2D eigenvalue weighted by atomic mass is 16.2. The summed E-state index contributed by atoms with van der Waals surface area (Å²) in [6, 6.07) is 9.24. The van der Waals surface area contributed by atoms with Gasteiger partial charge in [-0.2, -0.15) is 5.10 Å². The molecule has 4 rings (SSSR count). The molecule has 1 saturated carbocycles. The molecule has 1 saturated heterocycles. The van der Waals surface area contributed by atoms with Crippen molar-refractivity contribution in [1.29, 1.82) is 0 Å². The summed E-state index contributed by atoms with van der Waals surface area (Å²) in [4.78, 5) is 39.1. The lowest BCUT2D eigenvalue weighted by molar-refractivity contribution is -0.140. The summed E-state index contributed by atoms with van der Waals surface area (Å²) in [6.45, 7) is 2.21. The number of hydrogen-bond acceptors (Lipinski definition) is 4. The molecule has 0 aromatic heterocycles. The van der Waals surface area contributed by atoms with E-state index >= 15 is 0 Å². The number of imide groups is 1. The van der Waals surface area contributed by atoms with E-state index in [2.05, 4.69) is 10.4 Å². The molecule has 1 aromatic carbocycles. The molecule has 0 unspecified atom stereocenters. The number of benzene rings is 1. The van der Waals surface area contributed by atoms with Gasteiger partial charge in [-0.05, 0) is 24.3 Å². The topological polar surface area (TPSA) is 82.1 Å². The smallest absolute Gasteiger partial charge is 0.323 e. The quantitative estimate of drug-likeness (QED) is 0.830. The first-order valence-electron chi connectivity index (χ1n) is 9.58. The van der Waals surface area contributed by atoms with Crippen LogP contribution in [0.1, 0.15) is 44.6 Å². The average molecular weight is 368 g/mol. The highest BCUT2D eigenvalue weighted by Gasteiger charge is 2.55. The molecule has 7 heteroatoms. The lowest BCUT2D eigenvalue weighted by atomic mass is 9.73. The van der Waals surface area contributed by atoms with E-state index in [4.69, 9.17) is 0 Å². The van der Waals surface area contributed by atoms with Gasteiger partial charge in [0.1, 0.15) is 12.1 Å². The van der Waals surface area contributed by atoms with E-state index in [9.17, 15) is 14.4 Å². The SMILES string of the molecule is C[C@@H]1CCCC[C@]12NC(=O)N(CC(=O)N1CCC(c3ccccc3)=N1)C2=O. The molecule has 1 aliphatic carbocycles. The molecule has 1 spiro atoms. The number of carbonyl (C=O) groups excluding carboxylic acids is 3. The number of nitrogens with one attached hydrogen (secondary N) is 1. The van der Waals surface area contributed by atoms with Gasteiger partial charge in [0, 0.05) is 6.42 Å². The number of hydrogen-bond donors (Lipinski definition) is 1. The summed E-state index contributed by atoms with van der Waals surface area (Å²) in [5, 5.41) is 8.65. The van der Waals surface area contributed by atoms with Crippen LogP contribution in [0.3, 0.4) is 0 Å². The molecule has 1 aromatic rings. The minimum Gasteiger partial charge on any atom is -0.323 e. The van der Waals surface area contributed by atoms with E-state index in [0.717, 1.165) is 35.4 Å². The summed E-state index contributed by atoms with van der Waals surface area (Å²) >= 11 is 0. The van der Waals surface area contributed by atoms with Gasteiger partial charge in [0.15, 0.2) is 0 Å². The second-order valence-corrected chi connectivity index (χ2v) is 7.62. The molecule has 2 aliphatic heterocycles. The van der Waals surface area contributed by atoms with Crippen molar-refractivity contribution < 1.29 is 14.4 Å². The monoisotopic (exact) mass is 368 g/mol. The van der Waals surface area contributed by atoms with Crippen molar-refractivity contribution in [2.75, 3.05) is 13.1 Å². The van der Waals surface area contributed by atoms with Gasteiger partial charge in [-0.15, -0.1) is 0 Å². The Labute approximate surface area is 158 Å². The van der Waals surface area contributed by atoms with E-state index in [0.29, 0.717) is 19.4 Å². The number of urea groups is 1. The van der Waals surface area contributed by atoms with Crippen LogP contribution in [0.2, 0.25) is 0 Å². The third kappa shape index (κ3) is 3.01. The maximum atomic E-state index is 13.0. The van der Waals surface area contributed by atoms with Gasteiger partial charge in [-0.3, -0.25) is 14.5 Å². The Kier molecular flexibility index (Phi) is 4.45. The molecule has 2 heterocycles. The minimum absolute atomic E-state index is 0.0808. The average Bonchev–Trinajstić information content (AvgIpc) is 3.25. The van der Waals surface area contributed by atoms with Crippen LogP contribution in [0.5, 0.6) is 0 Å². The van der Waals surface area contributed by atoms with Gasteiger partial charge in [0.05, 0.1) is 12.3 Å². The Morgan fingerprint density at radius 2 is 2.04 bits per heavy atom. The Balaban J connectivity index is 1.46. The molecule has 7 nitrogen and oxygen atoms in total. The fraction of sp³-hybridized carbons (Fsp3) is 0.500. The number of amides is 4. The van der Waals surface area contributed by atoms with Crippen molar-refractivity contribution in [3.05, 3.63) is 35.9 Å².